The van der Waals surface area contributed by atoms with Gasteiger partial charge in [-0.1, -0.05) is 42.5 Å². The Balaban J connectivity index is 1.54. The van der Waals surface area contributed by atoms with Gasteiger partial charge in [0.15, 0.2) is 9.84 Å². The first-order valence-electron chi connectivity index (χ1n) is 15.3. The van der Waals surface area contributed by atoms with Crippen molar-refractivity contribution in [3.8, 4) is 16.9 Å². The van der Waals surface area contributed by atoms with Crippen molar-refractivity contribution >= 4 is 27.4 Å². The lowest BCUT2D eigenvalue weighted by Crippen LogP contribution is -2.44. The van der Waals surface area contributed by atoms with E-state index < -0.39 is 15.8 Å². The van der Waals surface area contributed by atoms with E-state index in [9.17, 15) is 18.0 Å². The number of nitrogens with two attached hydrogens (primary N) is 1. The molecule has 1 atom stereocenters. The van der Waals surface area contributed by atoms with E-state index in [0.717, 1.165) is 48.1 Å². The molecule has 1 aliphatic heterocycles. The molecule has 1 heterocycles. The Morgan fingerprint density at radius 2 is 1.70 bits per heavy atom. The highest BCUT2D eigenvalue weighted by Gasteiger charge is 2.32. The Labute approximate surface area is 261 Å². The summed E-state index contributed by atoms with van der Waals surface area (Å²) in [5, 5.41) is 7.81. The summed E-state index contributed by atoms with van der Waals surface area (Å²) in [5.41, 5.74) is 8.62. The van der Waals surface area contributed by atoms with E-state index in [1.807, 2.05) is 43.3 Å². The van der Waals surface area contributed by atoms with Crippen LogP contribution in [0.2, 0.25) is 0 Å². The SMILES string of the molecule is CCOc1ccc(-c2cccc(S(=O)(=O)C[C@@H](Cc3cccc(C(=N)N)c3)C(=O)N3CCC(CCCC(C)=O)CC3)c2)cc1. The van der Waals surface area contributed by atoms with Crippen LogP contribution >= 0.6 is 0 Å². The molecule has 3 aromatic carbocycles. The third-order valence-corrected chi connectivity index (χ3v) is 10.1. The van der Waals surface area contributed by atoms with Gasteiger partial charge >= 0.3 is 0 Å². The standard InChI is InChI=1S/C35H43N3O5S/c1-3-43-32-15-13-28(14-16-32)29-10-6-12-33(23-29)44(41,42)24-31(22-27-9-5-11-30(21-27)34(36)37)35(40)38-19-17-26(18-20-38)8-4-7-25(2)39/h5-6,9-16,21,23,26,31H,3-4,7-8,17-20,22,24H2,1-2H3,(H3,36,37)/t31-/m1/s1. The first kappa shape index (κ1) is 32.9. The lowest BCUT2D eigenvalue weighted by molar-refractivity contribution is -0.136. The monoisotopic (exact) mass is 617 g/mol. The number of rotatable bonds is 14. The molecule has 1 aliphatic rings. The van der Waals surface area contributed by atoms with Gasteiger partial charge in [0.2, 0.25) is 5.91 Å². The maximum Gasteiger partial charge on any atom is 0.227 e. The second-order valence-electron chi connectivity index (χ2n) is 11.6. The van der Waals surface area contributed by atoms with Crippen LogP contribution in [-0.4, -0.2) is 56.3 Å². The summed E-state index contributed by atoms with van der Waals surface area (Å²) < 4.78 is 33.3. The minimum Gasteiger partial charge on any atom is -0.494 e. The molecular weight excluding hydrogens is 574 g/mol. The van der Waals surface area contributed by atoms with Crippen molar-refractivity contribution < 1.29 is 22.7 Å². The van der Waals surface area contributed by atoms with E-state index in [1.54, 1.807) is 48.2 Å². The van der Waals surface area contributed by atoms with Gasteiger partial charge in [-0.3, -0.25) is 10.2 Å². The number of likely N-dealkylation sites (tertiary alicyclic amines) is 1. The number of nitrogen functional groups attached to an aromatic ring is 1. The number of amidine groups is 1. The van der Waals surface area contributed by atoms with Crippen LogP contribution in [0.3, 0.4) is 0 Å². The number of nitrogens with one attached hydrogen (secondary N) is 1. The number of ether oxygens (including phenoxy) is 1. The summed E-state index contributed by atoms with van der Waals surface area (Å²) >= 11 is 0. The minimum atomic E-state index is -3.84. The normalized spacial score (nSPS) is 14.6. The zero-order chi connectivity index (χ0) is 31.7. The molecule has 0 aliphatic carbocycles. The fourth-order valence-electron chi connectivity index (χ4n) is 5.85. The second-order valence-corrected chi connectivity index (χ2v) is 13.7. The van der Waals surface area contributed by atoms with E-state index in [1.165, 1.54) is 0 Å². The van der Waals surface area contributed by atoms with E-state index >= 15 is 0 Å². The van der Waals surface area contributed by atoms with Gasteiger partial charge in [0.05, 0.1) is 23.2 Å². The second kappa shape index (κ2) is 15.1. The summed E-state index contributed by atoms with van der Waals surface area (Å²) in [7, 11) is -3.84. The summed E-state index contributed by atoms with van der Waals surface area (Å²) in [6, 6.07) is 21.4. The van der Waals surface area contributed by atoms with Gasteiger partial charge in [-0.05, 0) is 98.9 Å². The fraction of sp³-hybridized carbons (Fsp3) is 0.400. The maximum absolute atomic E-state index is 14.0. The van der Waals surface area contributed by atoms with Crippen LogP contribution in [0.1, 0.15) is 57.1 Å². The molecule has 0 radical (unpaired) electrons. The van der Waals surface area contributed by atoms with E-state index in [4.69, 9.17) is 15.9 Å². The number of benzene rings is 3. The molecule has 9 heteroatoms. The third-order valence-electron chi connectivity index (χ3n) is 8.25. The predicted octanol–water partition coefficient (Wildman–Crippen LogP) is 5.67. The predicted molar refractivity (Wildman–Crippen MR) is 174 cm³/mol. The summed E-state index contributed by atoms with van der Waals surface area (Å²) in [4.78, 5) is 27.2. The zero-order valence-corrected chi connectivity index (χ0v) is 26.4. The summed E-state index contributed by atoms with van der Waals surface area (Å²) in [5.74, 6) is 0.00748. The zero-order valence-electron chi connectivity index (χ0n) is 25.6. The number of carbonyl (C=O) groups is 2. The average molecular weight is 618 g/mol. The molecule has 1 fully saturated rings. The highest BCUT2D eigenvalue weighted by Crippen LogP contribution is 2.29. The van der Waals surface area contributed by atoms with E-state index in [2.05, 4.69) is 0 Å². The van der Waals surface area contributed by atoms with Gasteiger partial charge in [0.1, 0.15) is 17.4 Å². The minimum absolute atomic E-state index is 0.0831. The van der Waals surface area contributed by atoms with Crippen molar-refractivity contribution in [2.45, 2.75) is 57.3 Å². The summed E-state index contributed by atoms with van der Waals surface area (Å²) in [6.45, 7) is 5.23. The highest BCUT2D eigenvalue weighted by molar-refractivity contribution is 7.91. The number of hydrogen-bond donors (Lipinski definition) is 2. The van der Waals surface area contributed by atoms with Gasteiger partial charge in [0.25, 0.3) is 0 Å². The molecule has 0 saturated carbocycles. The maximum atomic E-state index is 14.0. The summed E-state index contributed by atoms with van der Waals surface area (Å²) in [6.07, 6.45) is 4.30. The molecule has 0 unspecified atom stereocenters. The van der Waals surface area contributed by atoms with Crippen molar-refractivity contribution in [3.05, 3.63) is 83.9 Å². The number of hydrogen-bond acceptors (Lipinski definition) is 6. The molecule has 8 nitrogen and oxygen atoms in total. The van der Waals surface area contributed by atoms with Crippen LogP contribution in [0.25, 0.3) is 11.1 Å². The van der Waals surface area contributed by atoms with Crippen molar-refractivity contribution in [2.24, 2.45) is 17.6 Å². The molecule has 0 aromatic heterocycles. The Hall–Kier alpha value is -3.98. The largest absolute Gasteiger partial charge is 0.494 e. The molecule has 0 bridgehead atoms. The van der Waals surface area contributed by atoms with Crippen LogP contribution in [0.4, 0.5) is 0 Å². The Morgan fingerprint density at radius 3 is 2.36 bits per heavy atom. The average Bonchev–Trinajstić information content (AvgIpc) is 3.01. The van der Waals surface area contributed by atoms with Crippen molar-refractivity contribution in [1.82, 2.24) is 4.90 Å². The Bertz CT molecular complexity index is 1560. The van der Waals surface area contributed by atoms with Crippen LogP contribution in [-0.2, 0) is 25.8 Å². The van der Waals surface area contributed by atoms with Crippen LogP contribution in [0.5, 0.6) is 5.75 Å². The fourth-order valence-corrected chi connectivity index (χ4v) is 7.42. The highest BCUT2D eigenvalue weighted by atomic mass is 32.2. The van der Waals surface area contributed by atoms with Crippen molar-refractivity contribution in [1.29, 1.82) is 5.41 Å². The Kier molecular flexibility index (Phi) is 11.3. The van der Waals surface area contributed by atoms with Gasteiger partial charge in [-0.25, -0.2) is 8.42 Å². The number of nitrogens with zero attached hydrogens (tertiary/aromatic N) is 1. The van der Waals surface area contributed by atoms with E-state index in [0.29, 0.717) is 37.6 Å². The van der Waals surface area contributed by atoms with Gasteiger partial charge < -0.3 is 20.2 Å². The molecule has 1 saturated heterocycles. The molecule has 0 spiro atoms. The van der Waals surface area contributed by atoms with Crippen molar-refractivity contribution in [3.63, 3.8) is 0 Å². The number of piperidine rings is 1. The van der Waals surface area contributed by atoms with E-state index in [-0.39, 0.29) is 34.6 Å². The number of amides is 1. The number of Topliss-reactive ketones (excluding diaryl/α,β-unsaturated/α-hetero) is 1. The molecule has 44 heavy (non-hydrogen) atoms. The van der Waals surface area contributed by atoms with Crippen LogP contribution in [0, 0.1) is 17.2 Å². The van der Waals surface area contributed by atoms with Gasteiger partial charge in [0, 0.05) is 25.1 Å². The number of sulfone groups is 1. The molecule has 4 rings (SSSR count). The molecular formula is C35H43N3O5S. The third kappa shape index (κ3) is 9.02. The molecule has 1 amide bonds. The lowest BCUT2D eigenvalue weighted by atomic mass is 9.90. The van der Waals surface area contributed by atoms with Crippen LogP contribution in [0.15, 0.2) is 77.7 Å². The number of ketones is 1. The molecule has 234 valence electrons. The first-order chi connectivity index (χ1) is 21.1. The molecule has 3 aromatic rings. The Morgan fingerprint density at radius 1 is 1.00 bits per heavy atom. The first-order valence-corrected chi connectivity index (χ1v) is 17.0. The van der Waals surface area contributed by atoms with Gasteiger partial charge in [-0.2, -0.15) is 0 Å². The quantitative estimate of drug-likeness (QED) is 0.177. The van der Waals surface area contributed by atoms with Crippen LogP contribution < -0.4 is 10.5 Å². The molecule has 3 N–H and O–H groups in total. The van der Waals surface area contributed by atoms with Gasteiger partial charge in [-0.15, -0.1) is 0 Å². The topological polar surface area (TPSA) is 131 Å². The lowest BCUT2D eigenvalue weighted by Gasteiger charge is -2.34. The van der Waals surface area contributed by atoms with Crippen molar-refractivity contribution in [2.75, 3.05) is 25.4 Å². The smallest absolute Gasteiger partial charge is 0.227 e. The number of carbonyl (C=O) groups excluding carboxylic acids is 2.